The SMILES string of the molecule is N#Cc1ccc(Cl)cc1NC(=O)c1ccc(O)c(Cl)c1. The molecule has 2 aromatic carbocycles. The smallest absolute Gasteiger partial charge is 0.255 e. The highest BCUT2D eigenvalue weighted by Gasteiger charge is 2.11. The normalized spacial score (nSPS) is 9.85. The number of carbonyl (C=O) groups is 1. The summed E-state index contributed by atoms with van der Waals surface area (Å²) in [6.07, 6.45) is 0. The fourth-order valence-electron chi connectivity index (χ4n) is 1.56. The van der Waals surface area contributed by atoms with Crippen LogP contribution in [0.15, 0.2) is 36.4 Å². The zero-order chi connectivity index (χ0) is 14.7. The van der Waals surface area contributed by atoms with Crippen molar-refractivity contribution < 1.29 is 9.90 Å². The molecule has 1 amide bonds. The molecule has 0 bridgehead atoms. The third kappa shape index (κ3) is 3.02. The van der Waals surface area contributed by atoms with Gasteiger partial charge in [-0.05, 0) is 36.4 Å². The summed E-state index contributed by atoms with van der Waals surface area (Å²) in [6.45, 7) is 0. The largest absolute Gasteiger partial charge is 0.506 e. The lowest BCUT2D eigenvalue weighted by atomic mass is 10.1. The van der Waals surface area contributed by atoms with Gasteiger partial charge in [0.2, 0.25) is 0 Å². The number of nitrogens with one attached hydrogen (secondary N) is 1. The standard InChI is InChI=1S/C14H8Cl2N2O2/c15-10-3-1-9(7-17)12(6-10)18-14(20)8-2-4-13(19)11(16)5-8/h1-6,19H,(H,18,20). The Kier molecular flexibility index (Phi) is 4.14. The van der Waals surface area contributed by atoms with Gasteiger partial charge >= 0.3 is 0 Å². The summed E-state index contributed by atoms with van der Waals surface area (Å²) in [6, 6.07) is 10.6. The number of phenolic OH excluding ortho intramolecular Hbond substituents is 1. The zero-order valence-electron chi connectivity index (χ0n) is 10.0. The minimum absolute atomic E-state index is 0.0734. The van der Waals surface area contributed by atoms with Crippen molar-refractivity contribution in [2.75, 3.05) is 5.32 Å². The number of phenols is 1. The van der Waals surface area contributed by atoms with E-state index in [4.69, 9.17) is 28.5 Å². The van der Waals surface area contributed by atoms with Crippen molar-refractivity contribution in [2.24, 2.45) is 0 Å². The van der Waals surface area contributed by atoms with Crippen molar-refractivity contribution in [3.63, 3.8) is 0 Å². The molecule has 4 nitrogen and oxygen atoms in total. The minimum atomic E-state index is -0.453. The summed E-state index contributed by atoms with van der Waals surface area (Å²) in [4.78, 5) is 12.1. The van der Waals surface area contributed by atoms with E-state index in [1.807, 2.05) is 6.07 Å². The van der Waals surface area contributed by atoms with Crippen LogP contribution in [-0.4, -0.2) is 11.0 Å². The second-order valence-corrected chi connectivity index (χ2v) is 4.77. The Morgan fingerprint density at radius 3 is 2.60 bits per heavy atom. The molecule has 0 unspecified atom stereocenters. The van der Waals surface area contributed by atoms with Crippen molar-refractivity contribution in [3.8, 4) is 11.8 Å². The minimum Gasteiger partial charge on any atom is -0.506 e. The average molecular weight is 307 g/mol. The summed E-state index contributed by atoms with van der Waals surface area (Å²) >= 11 is 11.6. The fraction of sp³-hybridized carbons (Fsp3) is 0. The molecule has 0 heterocycles. The van der Waals surface area contributed by atoms with E-state index in [0.717, 1.165) is 0 Å². The van der Waals surface area contributed by atoms with Gasteiger partial charge < -0.3 is 10.4 Å². The Labute approximate surface area is 125 Å². The van der Waals surface area contributed by atoms with E-state index in [0.29, 0.717) is 16.3 Å². The molecule has 20 heavy (non-hydrogen) atoms. The summed E-state index contributed by atoms with van der Waals surface area (Å²) in [5, 5.41) is 21.3. The average Bonchev–Trinajstić information content (AvgIpc) is 2.42. The Bertz CT molecular complexity index is 724. The van der Waals surface area contributed by atoms with Gasteiger partial charge in [0.05, 0.1) is 16.3 Å². The van der Waals surface area contributed by atoms with E-state index in [9.17, 15) is 9.90 Å². The lowest BCUT2D eigenvalue weighted by Crippen LogP contribution is -2.12. The van der Waals surface area contributed by atoms with Gasteiger partial charge in [0.25, 0.3) is 5.91 Å². The van der Waals surface area contributed by atoms with Crippen LogP contribution < -0.4 is 5.32 Å². The molecule has 0 spiro atoms. The van der Waals surface area contributed by atoms with Gasteiger partial charge in [-0.25, -0.2) is 0 Å². The number of benzene rings is 2. The van der Waals surface area contributed by atoms with Crippen LogP contribution in [0.3, 0.4) is 0 Å². The summed E-state index contributed by atoms with van der Waals surface area (Å²) in [7, 11) is 0. The van der Waals surface area contributed by atoms with Crippen LogP contribution in [0.25, 0.3) is 0 Å². The van der Waals surface area contributed by atoms with Crippen molar-refractivity contribution in [1.82, 2.24) is 0 Å². The van der Waals surface area contributed by atoms with Crippen LogP contribution in [0.1, 0.15) is 15.9 Å². The molecule has 2 N–H and O–H groups in total. The van der Waals surface area contributed by atoms with Crippen molar-refractivity contribution >= 4 is 34.8 Å². The van der Waals surface area contributed by atoms with Crippen LogP contribution in [0.5, 0.6) is 5.75 Å². The quantitative estimate of drug-likeness (QED) is 0.885. The second-order valence-electron chi connectivity index (χ2n) is 3.92. The molecular weight excluding hydrogens is 299 g/mol. The number of carbonyl (C=O) groups excluding carboxylic acids is 1. The Hall–Kier alpha value is -2.22. The van der Waals surface area contributed by atoms with Crippen LogP contribution in [0.2, 0.25) is 10.0 Å². The van der Waals surface area contributed by atoms with Gasteiger partial charge in [0.1, 0.15) is 11.8 Å². The Morgan fingerprint density at radius 1 is 1.20 bits per heavy atom. The molecule has 0 fully saturated rings. The maximum atomic E-state index is 12.1. The number of nitriles is 1. The highest BCUT2D eigenvalue weighted by atomic mass is 35.5. The highest BCUT2D eigenvalue weighted by molar-refractivity contribution is 6.32. The van der Waals surface area contributed by atoms with Crippen LogP contribution in [-0.2, 0) is 0 Å². The van der Waals surface area contributed by atoms with Gasteiger partial charge in [-0.2, -0.15) is 5.26 Å². The topological polar surface area (TPSA) is 73.1 Å². The van der Waals surface area contributed by atoms with Crippen LogP contribution >= 0.6 is 23.2 Å². The maximum Gasteiger partial charge on any atom is 0.255 e. The van der Waals surface area contributed by atoms with E-state index in [1.165, 1.54) is 30.3 Å². The highest BCUT2D eigenvalue weighted by Crippen LogP contribution is 2.25. The number of hydrogen-bond donors (Lipinski definition) is 2. The summed E-state index contributed by atoms with van der Waals surface area (Å²) in [5.41, 5.74) is 0.874. The summed E-state index contributed by atoms with van der Waals surface area (Å²) in [5.74, 6) is -0.561. The third-order valence-electron chi connectivity index (χ3n) is 2.56. The first-order valence-corrected chi connectivity index (χ1v) is 6.26. The van der Waals surface area contributed by atoms with Gasteiger partial charge in [-0.1, -0.05) is 23.2 Å². The number of halogens is 2. The molecule has 0 radical (unpaired) electrons. The number of hydrogen-bond acceptors (Lipinski definition) is 3. The molecule has 0 saturated heterocycles. The first-order chi connectivity index (χ1) is 9.51. The molecule has 6 heteroatoms. The lowest BCUT2D eigenvalue weighted by Gasteiger charge is -2.08. The number of anilines is 1. The fourth-order valence-corrected chi connectivity index (χ4v) is 1.91. The lowest BCUT2D eigenvalue weighted by molar-refractivity contribution is 0.102. The molecule has 100 valence electrons. The number of rotatable bonds is 2. The zero-order valence-corrected chi connectivity index (χ0v) is 11.5. The van der Waals surface area contributed by atoms with E-state index in [2.05, 4.69) is 5.32 Å². The molecule has 2 rings (SSSR count). The number of aromatic hydroxyl groups is 1. The molecular formula is C14H8Cl2N2O2. The molecule has 0 aliphatic rings. The van der Waals surface area contributed by atoms with Gasteiger partial charge in [-0.3, -0.25) is 4.79 Å². The van der Waals surface area contributed by atoms with E-state index in [1.54, 1.807) is 6.07 Å². The van der Waals surface area contributed by atoms with Crippen LogP contribution in [0, 0.1) is 11.3 Å². The van der Waals surface area contributed by atoms with Gasteiger partial charge in [0.15, 0.2) is 0 Å². The van der Waals surface area contributed by atoms with Crippen molar-refractivity contribution in [3.05, 3.63) is 57.6 Å². The second kappa shape index (κ2) is 5.83. The first-order valence-electron chi connectivity index (χ1n) is 5.51. The molecule has 0 saturated carbocycles. The number of amides is 1. The van der Waals surface area contributed by atoms with Crippen molar-refractivity contribution in [1.29, 1.82) is 5.26 Å². The Balaban J connectivity index is 2.30. The molecule has 0 atom stereocenters. The predicted octanol–water partition coefficient (Wildman–Crippen LogP) is 3.82. The molecule has 0 aromatic heterocycles. The Morgan fingerprint density at radius 2 is 1.95 bits per heavy atom. The first kappa shape index (κ1) is 14.2. The van der Waals surface area contributed by atoms with Gasteiger partial charge in [0, 0.05) is 10.6 Å². The van der Waals surface area contributed by atoms with Gasteiger partial charge in [-0.15, -0.1) is 0 Å². The number of nitrogens with zero attached hydrogens (tertiary/aromatic N) is 1. The van der Waals surface area contributed by atoms with Crippen molar-refractivity contribution in [2.45, 2.75) is 0 Å². The molecule has 0 aliphatic carbocycles. The molecule has 0 aliphatic heterocycles. The monoisotopic (exact) mass is 306 g/mol. The third-order valence-corrected chi connectivity index (χ3v) is 3.10. The van der Waals surface area contributed by atoms with E-state index in [-0.39, 0.29) is 16.3 Å². The van der Waals surface area contributed by atoms with Crippen LogP contribution in [0.4, 0.5) is 5.69 Å². The molecule has 2 aromatic rings. The maximum absolute atomic E-state index is 12.1. The predicted molar refractivity (Wildman–Crippen MR) is 77.2 cm³/mol. The summed E-state index contributed by atoms with van der Waals surface area (Å²) < 4.78 is 0. The van der Waals surface area contributed by atoms with E-state index < -0.39 is 5.91 Å². The van der Waals surface area contributed by atoms with E-state index >= 15 is 0 Å².